The van der Waals surface area contributed by atoms with E-state index >= 15 is 0 Å². The summed E-state index contributed by atoms with van der Waals surface area (Å²) in [6.45, 7) is 4.18. The van der Waals surface area contributed by atoms with Gasteiger partial charge in [0.25, 0.3) is 0 Å². The van der Waals surface area contributed by atoms with Crippen LogP contribution >= 0.6 is 38.9 Å². The maximum atomic E-state index is 6.11. The number of anilines is 1. The van der Waals surface area contributed by atoms with E-state index in [-0.39, 0.29) is 6.04 Å². The zero-order valence-corrected chi connectivity index (χ0v) is 12.8. The third kappa shape index (κ3) is 2.84. The second-order valence-electron chi connectivity index (χ2n) is 3.91. The van der Waals surface area contributed by atoms with Gasteiger partial charge in [-0.1, -0.05) is 17.7 Å². The number of thiophene rings is 1. The molecule has 1 heterocycles. The molecule has 0 aliphatic rings. The lowest BCUT2D eigenvalue weighted by atomic mass is 10.1. The van der Waals surface area contributed by atoms with Gasteiger partial charge in [-0.15, -0.1) is 11.3 Å². The van der Waals surface area contributed by atoms with Crippen molar-refractivity contribution < 1.29 is 0 Å². The zero-order chi connectivity index (χ0) is 12.4. The van der Waals surface area contributed by atoms with E-state index < -0.39 is 0 Å². The average Bonchev–Trinajstić information content (AvgIpc) is 2.71. The van der Waals surface area contributed by atoms with Gasteiger partial charge in [0.05, 0.1) is 6.04 Å². The minimum atomic E-state index is 0.265. The molecule has 0 saturated carbocycles. The van der Waals surface area contributed by atoms with Gasteiger partial charge in [0, 0.05) is 20.1 Å². The fraction of sp³-hybridized carbons (Fsp3) is 0.231. The highest BCUT2D eigenvalue weighted by atomic mass is 79.9. The Balaban J connectivity index is 2.22. The van der Waals surface area contributed by atoms with Gasteiger partial charge in [-0.3, -0.25) is 0 Å². The maximum Gasteiger partial charge on any atom is 0.0589 e. The SMILES string of the molecule is Cc1c(Cl)cccc1NC(C)c1sccc1Br. The molecule has 1 N–H and O–H groups in total. The lowest BCUT2D eigenvalue weighted by Gasteiger charge is -2.17. The van der Waals surface area contributed by atoms with Crippen LogP contribution in [-0.4, -0.2) is 0 Å². The number of hydrogen-bond donors (Lipinski definition) is 1. The van der Waals surface area contributed by atoms with E-state index in [9.17, 15) is 0 Å². The molecule has 0 aliphatic heterocycles. The van der Waals surface area contributed by atoms with E-state index in [4.69, 9.17) is 11.6 Å². The maximum absolute atomic E-state index is 6.11. The zero-order valence-electron chi connectivity index (χ0n) is 9.63. The highest BCUT2D eigenvalue weighted by Crippen LogP contribution is 2.32. The average molecular weight is 331 g/mol. The summed E-state index contributed by atoms with van der Waals surface area (Å²) >= 11 is 11.4. The summed E-state index contributed by atoms with van der Waals surface area (Å²) in [6.07, 6.45) is 0. The quantitative estimate of drug-likeness (QED) is 0.767. The van der Waals surface area contributed by atoms with Gasteiger partial charge in [0.15, 0.2) is 0 Å². The number of benzene rings is 1. The van der Waals surface area contributed by atoms with Crippen LogP contribution in [0.5, 0.6) is 0 Å². The first-order valence-electron chi connectivity index (χ1n) is 5.34. The molecule has 2 aromatic rings. The topological polar surface area (TPSA) is 12.0 Å². The van der Waals surface area contributed by atoms with Crippen molar-refractivity contribution in [2.45, 2.75) is 19.9 Å². The lowest BCUT2D eigenvalue weighted by molar-refractivity contribution is 0.901. The molecule has 0 spiro atoms. The number of rotatable bonds is 3. The molecule has 2 rings (SSSR count). The van der Waals surface area contributed by atoms with E-state index in [0.717, 1.165) is 20.7 Å². The van der Waals surface area contributed by atoms with Crippen molar-refractivity contribution >= 4 is 44.6 Å². The Morgan fingerprint density at radius 1 is 1.35 bits per heavy atom. The first kappa shape index (κ1) is 12.9. The standard InChI is InChI=1S/C13H13BrClNS/c1-8-11(15)4-3-5-12(8)16-9(2)13-10(14)6-7-17-13/h3-7,9,16H,1-2H3. The Bertz CT molecular complexity index is 524. The second-order valence-corrected chi connectivity index (χ2v) is 6.12. The summed E-state index contributed by atoms with van der Waals surface area (Å²) in [5, 5.41) is 6.37. The molecule has 17 heavy (non-hydrogen) atoms. The second kappa shape index (κ2) is 5.42. The third-order valence-corrected chi connectivity index (χ3v) is 5.14. The third-order valence-electron chi connectivity index (χ3n) is 2.68. The van der Waals surface area contributed by atoms with Crippen molar-refractivity contribution in [3.05, 3.63) is 49.6 Å². The fourth-order valence-corrected chi connectivity index (χ4v) is 3.58. The van der Waals surface area contributed by atoms with Crippen molar-refractivity contribution in [2.24, 2.45) is 0 Å². The van der Waals surface area contributed by atoms with Gasteiger partial charge in [0.2, 0.25) is 0 Å². The van der Waals surface area contributed by atoms with Gasteiger partial charge in [-0.05, 0) is 58.9 Å². The molecule has 1 unspecified atom stereocenters. The molecule has 0 bridgehead atoms. The normalized spacial score (nSPS) is 12.5. The Morgan fingerprint density at radius 3 is 2.76 bits per heavy atom. The first-order valence-corrected chi connectivity index (χ1v) is 7.39. The van der Waals surface area contributed by atoms with Crippen LogP contribution in [0, 0.1) is 6.92 Å². The van der Waals surface area contributed by atoms with Gasteiger partial charge in [-0.2, -0.15) is 0 Å². The van der Waals surface area contributed by atoms with E-state index in [2.05, 4.69) is 45.7 Å². The molecule has 0 radical (unpaired) electrons. The molecular formula is C13H13BrClNS. The van der Waals surface area contributed by atoms with E-state index in [0.29, 0.717) is 0 Å². The fourth-order valence-electron chi connectivity index (χ4n) is 1.68. The Kier molecular flexibility index (Phi) is 4.13. The predicted octanol–water partition coefficient (Wildman–Crippen LogP) is 5.65. The monoisotopic (exact) mass is 329 g/mol. The molecule has 0 amide bonds. The number of halogens is 2. The summed E-state index contributed by atoms with van der Waals surface area (Å²) in [4.78, 5) is 1.30. The minimum Gasteiger partial charge on any atom is -0.377 e. The van der Waals surface area contributed by atoms with Crippen LogP contribution in [-0.2, 0) is 0 Å². The predicted molar refractivity (Wildman–Crippen MR) is 80.2 cm³/mol. The number of nitrogens with one attached hydrogen (secondary N) is 1. The molecule has 0 aliphatic carbocycles. The highest BCUT2D eigenvalue weighted by molar-refractivity contribution is 9.10. The van der Waals surface area contributed by atoms with Gasteiger partial charge in [0.1, 0.15) is 0 Å². The largest absolute Gasteiger partial charge is 0.377 e. The molecule has 0 fully saturated rings. The lowest BCUT2D eigenvalue weighted by Crippen LogP contribution is -2.06. The van der Waals surface area contributed by atoms with Crippen LogP contribution in [0.25, 0.3) is 0 Å². The van der Waals surface area contributed by atoms with Gasteiger partial charge >= 0.3 is 0 Å². The first-order chi connectivity index (χ1) is 8.09. The summed E-state index contributed by atoms with van der Waals surface area (Å²) < 4.78 is 1.15. The van der Waals surface area contributed by atoms with Crippen molar-refractivity contribution in [1.29, 1.82) is 0 Å². The highest BCUT2D eigenvalue weighted by Gasteiger charge is 2.12. The number of hydrogen-bond acceptors (Lipinski definition) is 2. The van der Waals surface area contributed by atoms with Crippen LogP contribution in [0.1, 0.15) is 23.4 Å². The summed E-state index contributed by atoms with van der Waals surface area (Å²) in [5.74, 6) is 0. The molecule has 1 aromatic carbocycles. The molecular weight excluding hydrogens is 318 g/mol. The van der Waals surface area contributed by atoms with Crippen molar-refractivity contribution in [3.8, 4) is 0 Å². The summed E-state index contributed by atoms with van der Waals surface area (Å²) in [5.41, 5.74) is 2.18. The molecule has 1 nitrogen and oxygen atoms in total. The minimum absolute atomic E-state index is 0.265. The molecule has 1 aromatic heterocycles. The van der Waals surface area contributed by atoms with E-state index in [1.807, 2.05) is 19.1 Å². The van der Waals surface area contributed by atoms with Crippen LogP contribution < -0.4 is 5.32 Å². The van der Waals surface area contributed by atoms with Gasteiger partial charge in [-0.25, -0.2) is 0 Å². The molecule has 4 heteroatoms. The van der Waals surface area contributed by atoms with Gasteiger partial charge < -0.3 is 5.32 Å². The Labute approximate surface area is 119 Å². The molecule has 1 atom stereocenters. The summed E-state index contributed by atoms with van der Waals surface area (Å²) in [7, 11) is 0. The van der Waals surface area contributed by atoms with Crippen LogP contribution in [0.3, 0.4) is 0 Å². The van der Waals surface area contributed by atoms with E-state index in [1.54, 1.807) is 11.3 Å². The Hall–Kier alpha value is -0.510. The van der Waals surface area contributed by atoms with Crippen LogP contribution in [0.2, 0.25) is 5.02 Å². The summed E-state index contributed by atoms with van der Waals surface area (Å²) in [6, 6.07) is 8.27. The van der Waals surface area contributed by atoms with Crippen LogP contribution in [0.15, 0.2) is 34.1 Å². The van der Waals surface area contributed by atoms with E-state index in [1.165, 1.54) is 4.88 Å². The van der Waals surface area contributed by atoms with Crippen LogP contribution in [0.4, 0.5) is 5.69 Å². The van der Waals surface area contributed by atoms with Crippen molar-refractivity contribution in [1.82, 2.24) is 0 Å². The smallest absolute Gasteiger partial charge is 0.0589 e. The molecule has 0 saturated heterocycles. The molecule has 90 valence electrons. The van der Waals surface area contributed by atoms with Crippen molar-refractivity contribution in [3.63, 3.8) is 0 Å². The van der Waals surface area contributed by atoms with Crippen molar-refractivity contribution in [2.75, 3.05) is 5.32 Å². The Morgan fingerprint density at radius 2 is 2.12 bits per heavy atom.